The predicted molar refractivity (Wildman–Crippen MR) is 80.8 cm³/mol. The van der Waals surface area contributed by atoms with Crippen LogP contribution in [0.5, 0.6) is 0 Å². The molecule has 0 bridgehead atoms. The fourth-order valence-electron chi connectivity index (χ4n) is 2.39. The van der Waals surface area contributed by atoms with E-state index in [-0.39, 0.29) is 6.61 Å². The van der Waals surface area contributed by atoms with Crippen molar-refractivity contribution in [3.63, 3.8) is 0 Å². The molecule has 0 spiro atoms. The Balaban J connectivity index is 2.11. The highest BCUT2D eigenvalue weighted by Gasteiger charge is 2.47. The molecule has 1 aromatic rings. The molecule has 8 heteroatoms. The summed E-state index contributed by atoms with van der Waals surface area (Å²) in [4.78, 5) is 34.5. The maximum atomic E-state index is 12.2. The van der Waals surface area contributed by atoms with Crippen LogP contribution in [0.4, 0.5) is 0 Å². The molecule has 1 aliphatic rings. The molecule has 2 N–H and O–H groups in total. The first-order valence-electron chi connectivity index (χ1n) is 7.38. The van der Waals surface area contributed by atoms with Crippen LogP contribution in [-0.2, 0) is 23.8 Å². The van der Waals surface area contributed by atoms with Crippen molar-refractivity contribution in [1.29, 1.82) is 0 Å². The van der Waals surface area contributed by atoms with Gasteiger partial charge in [-0.3, -0.25) is 14.4 Å². The van der Waals surface area contributed by atoms with Crippen molar-refractivity contribution in [1.82, 2.24) is 5.32 Å². The van der Waals surface area contributed by atoms with Crippen molar-refractivity contribution in [3.8, 4) is 0 Å². The van der Waals surface area contributed by atoms with Crippen molar-refractivity contribution < 1.29 is 33.7 Å². The Hall–Kier alpha value is -2.45. The van der Waals surface area contributed by atoms with Gasteiger partial charge in [-0.2, -0.15) is 0 Å². The number of esters is 2. The molecule has 0 unspecified atom stereocenters. The fourth-order valence-corrected chi connectivity index (χ4v) is 2.39. The number of carbonyl (C=O) groups is 3. The van der Waals surface area contributed by atoms with E-state index in [1.165, 1.54) is 13.8 Å². The third-order valence-corrected chi connectivity index (χ3v) is 3.43. The molecule has 1 fully saturated rings. The lowest BCUT2D eigenvalue weighted by molar-refractivity contribution is -0.159. The average molecular weight is 337 g/mol. The molecule has 1 amide bonds. The van der Waals surface area contributed by atoms with Gasteiger partial charge in [-0.25, -0.2) is 0 Å². The van der Waals surface area contributed by atoms with Crippen LogP contribution in [0.2, 0.25) is 0 Å². The summed E-state index contributed by atoms with van der Waals surface area (Å²) < 4.78 is 15.3. The number of benzene rings is 1. The topological polar surface area (TPSA) is 111 Å². The molecule has 1 aliphatic heterocycles. The maximum Gasteiger partial charge on any atom is 0.303 e. The zero-order valence-corrected chi connectivity index (χ0v) is 13.3. The van der Waals surface area contributed by atoms with Crippen LogP contribution in [0.3, 0.4) is 0 Å². The average Bonchev–Trinajstić information content (AvgIpc) is 2.81. The first kappa shape index (κ1) is 17.9. The van der Waals surface area contributed by atoms with Crippen LogP contribution in [0.25, 0.3) is 0 Å². The molecule has 0 aromatic heterocycles. The summed E-state index contributed by atoms with van der Waals surface area (Å²) in [5.41, 5.74) is 0.384. The van der Waals surface area contributed by atoms with E-state index in [0.29, 0.717) is 5.56 Å². The van der Waals surface area contributed by atoms with E-state index in [2.05, 4.69) is 5.32 Å². The SMILES string of the molecule is CC(=O)OC[C@H]1O[C@H](O)[C@@H](NC(=O)c2ccccc2)[C@H]1OC(C)=O. The fraction of sp³-hybridized carbons (Fsp3) is 0.438. The summed E-state index contributed by atoms with van der Waals surface area (Å²) in [5, 5.41) is 12.6. The van der Waals surface area contributed by atoms with Crippen LogP contribution in [0.15, 0.2) is 30.3 Å². The molecule has 0 saturated carbocycles. The number of hydrogen-bond donors (Lipinski definition) is 2. The minimum absolute atomic E-state index is 0.206. The molecule has 2 rings (SSSR count). The molecule has 24 heavy (non-hydrogen) atoms. The van der Waals surface area contributed by atoms with Crippen molar-refractivity contribution in [2.24, 2.45) is 0 Å². The molecular weight excluding hydrogens is 318 g/mol. The Morgan fingerprint density at radius 3 is 2.42 bits per heavy atom. The van der Waals surface area contributed by atoms with Crippen molar-refractivity contribution in [2.75, 3.05) is 6.61 Å². The van der Waals surface area contributed by atoms with Crippen LogP contribution >= 0.6 is 0 Å². The normalized spacial score (nSPS) is 25.8. The number of carbonyl (C=O) groups excluding carboxylic acids is 3. The molecule has 8 nitrogen and oxygen atoms in total. The summed E-state index contributed by atoms with van der Waals surface area (Å²) in [6.45, 7) is 2.21. The Labute approximate surface area is 138 Å². The van der Waals surface area contributed by atoms with Crippen molar-refractivity contribution in [3.05, 3.63) is 35.9 Å². The third-order valence-electron chi connectivity index (χ3n) is 3.43. The van der Waals surface area contributed by atoms with Gasteiger partial charge in [-0.15, -0.1) is 0 Å². The number of amides is 1. The summed E-state index contributed by atoms with van der Waals surface area (Å²) in [6, 6.07) is 7.39. The molecule has 1 heterocycles. The van der Waals surface area contributed by atoms with Crippen LogP contribution < -0.4 is 5.32 Å². The van der Waals surface area contributed by atoms with E-state index < -0.39 is 42.4 Å². The second-order valence-corrected chi connectivity index (χ2v) is 5.31. The predicted octanol–water partition coefficient (Wildman–Crippen LogP) is -0.00300. The van der Waals surface area contributed by atoms with Crippen LogP contribution in [0.1, 0.15) is 24.2 Å². The summed E-state index contributed by atoms with van der Waals surface area (Å²) in [6.07, 6.45) is -3.26. The highest BCUT2D eigenvalue weighted by Crippen LogP contribution is 2.24. The molecule has 1 saturated heterocycles. The Kier molecular flexibility index (Phi) is 5.88. The van der Waals surface area contributed by atoms with Crippen LogP contribution in [-0.4, -0.2) is 54.1 Å². The van der Waals surface area contributed by atoms with Gasteiger partial charge in [0, 0.05) is 19.4 Å². The number of aliphatic hydroxyl groups excluding tert-OH is 1. The lowest BCUT2D eigenvalue weighted by Crippen LogP contribution is -2.49. The molecule has 4 atom stereocenters. The van der Waals surface area contributed by atoms with Gasteiger partial charge in [0.1, 0.15) is 18.8 Å². The van der Waals surface area contributed by atoms with Gasteiger partial charge in [0.2, 0.25) is 0 Å². The minimum atomic E-state index is -1.40. The zero-order valence-electron chi connectivity index (χ0n) is 13.3. The number of nitrogens with one attached hydrogen (secondary N) is 1. The Morgan fingerprint density at radius 1 is 1.17 bits per heavy atom. The number of aliphatic hydroxyl groups is 1. The number of rotatable bonds is 5. The lowest BCUT2D eigenvalue weighted by atomic mass is 10.1. The van der Waals surface area contributed by atoms with Crippen molar-refractivity contribution in [2.45, 2.75) is 38.4 Å². The second-order valence-electron chi connectivity index (χ2n) is 5.31. The van der Waals surface area contributed by atoms with E-state index in [4.69, 9.17) is 14.2 Å². The summed E-state index contributed by atoms with van der Waals surface area (Å²) in [5.74, 6) is -1.59. The van der Waals surface area contributed by atoms with Crippen LogP contribution in [0, 0.1) is 0 Å². The highest BCUT2D eigenvalue weighted by atomic mass is 16.7. The van der Waals surface area contributed by atoms with Gasteiger partial charge in [-0.1, -0.05) is 18.2 Å². The first-order chi connectivity index (χ1) is 11.4. The van der Waals surface area contributed by atoms with Gasteiger partial charge in [0.25, 0.3) is 5.91 Å². The van der Waals surface area contributed by atoms with Crippen molar-refractivity contribution >= 4 is 17.8 Å². The largest absolute Gasteiger partial charge is 0.463 e. The highest BCUT2D eigenvalue weighted by molar-refractivity contribution is 5.94. The van der Waals surface area contributed by atoms with Gasteiger partial charge in [-0.05, 0) is 12.1 Å². The molecular formula is C16H19NO7. The smallest absolute Gasteiger partial charge is 0.303 e. The first-order valence-corrected chi connectivity index (χ1v) is 7.38. The number of ether oxygens (including phenoxy) is 3. The quantitative estimate of drug-likeness (QED) is 0.727. The lowest BCUT2D eigenvalue weighted by Gasteiger charge is -2.23. The second kappa shape index (κ2) is 7.89. The third kappa shape index (κ3) is 4.53. The van der Waals surface area contributed by atoms with E-state index in [9.17, 15) is 19.5 Å². The molecule has 0 radical (unpaired) electrons. The Morgan fingerprint density at radius 2 is 1.83 bits per heavy atom. The summed E-state index contributed by atoms with van der Waals surface area (Å²) >= 11 is 0. The summed E-state index contributed by atoms with van der Waals surface area (Å²) in [7, 11) is 0. The van der Waals surface area contributed by atoms with Gasteiger partial charge in [0.15, 0.2) is 12.4 Å². The standard InChI is InChI=1S/C16H19NO7/c1-9(18)22-8-12-14(23-10(2)19)13(16(21)24-12)17-15(20)11-6-4-3-5-7-11/h3-7,12-14,16,21H,8H2,1-2H3,(H,17,20)/t12-,13+,14+,16+/m1/s1. The van der Waals surface area contributed by atoms with E-state index >= 15 is 0 Å². The minimum Gasteiger partial charge on any atom is -0.463 e. The van der Waals surface area contributed by atoms with E-state index in [1.54, 1.807) is 30.3 Å². The monoisotopic (exact) mass is 337 g/mol. The Bertz CT molecular complexity index is 604. The molecule has 0 aliphatic carbocycles. The van der Waals surface area contributed by atoms with Gasteiger partial charge >= 0.3 is 11.9 Å². The molecule has 130 valence electrons. The maximum absolute atomic E-state index is 12.2. The van der Waals surface area contributed by atoms with Gasteiger partial charge < -0.3 is 24.6 Å². The van der Waals surface area contributed by atoms with E-state index in [1.807, 2.05) is 0 Å². The molecule has 1 aromatic carbocycles. The van der Waals surface area contributed by atoms with Gasteiger partial charge in [0.05, 0.1) is 0 Å². The zero-order chi connectivity index (χ0) is 17.7. The number of hydrogen-bond acceptors (Lipinski definition) is 7. The van der Waals surface area contributed by atoms with E-state index in [0.717, 1.165) is 0 Å².